The minimum absolute atomic E-state index is 0.149. The van der Waals surface area contributed by atoms with Crippen molar-refractivity contribution in [2.24, 2.45) is 0 Å². The fourth-order valence-electron chi connectivity index (χ4n) is 3.55. The van der Waals surface area contributed by atoms with E-state index in [4.69, 9.17) is 4.74 Å². The van der Waals surface area contributed by atoms with Crippen LogP contribution in [0.25, 0.3) is 11.1 Å². The molecule has 8 nitrogen and oxygen atoms in total. The molecule has 0 N–H and O–H groups in total. The molecule has 1 aromatic heterocycles. The van der Waals surface area contributed by atoms with Crippen LogP contribution in [-0.2, 0) is 14.8 Å². The molecule has 4 rings (SSSR count). The summed E-state index contributed by atoms with van der Waals surface area (Å²) < 4.78 is 32.6. The van der Waals surface area contributed by atoms with Crippen molar-refractivity contribution in [3.8, 4) is 11.1 Å². The van der Waals surface area contributed by atoms with E-state index in [2.05, 4.69) is 9.97 Å². The number of rotatable bonds is 6. The van der Waals surface area contributed by atoms with Gasteiger partial charge in [-0.1, -0.05) is 42.5 Å². The first-order chi connectivity index (χ1) is 15.5. The number of hydrogen-bond acceptors (Lipinski definition) is 7. The molecular weight excluding hydrogens is 428 g/mol. The molecule has 1 aliphatic rings. The number of esters is 1. The summed E-state index contributed by atoms with van der Waals surface area (Å²) in [6.07, 6.45) is 2.89. The highest BCUT2D eigenvalue weighted by Crippen LogP contribution is 2.24. The van der Waals surface area contributed by atoms with Crippen LogP contribution in [0.2, 0.25) is 0 Å². The lowest BCUT2D eigenvalue weighted by Crippen LogP contribution is -2.49. The maximum Gasteiger partial charge on any atom is 0.358 e. The summed E-state index contributed by atoms with van der Waals surface area (Å²) in [5, 5.41) is 0. The number of piperazine rings is 1. The molecular formula is C23H24N4O4S. The van der Waals surface area contributed by atoms with E-state index < -0.39 is 16.0 Å². The molecule has 9 heteroatoms. The molecule has 0 spiro atoms. The zero-order valence-corrected chi connectivity index (χ0v) is 18.5. The molecule has 0 amide bonds. The molecule has 2 aromatic carbocycles. The summed E-state index contributed by atoms with van der Waals surface area (Å²) in [6, 6.07) is 16.8. The Labute approximate surface area is 187 Å². The van der Waals surface area contributed by atoms with Crippen molar-refractivity contribution < 1.29 is 17.9 Å². The van der Waals surface area contributed by atoms with Gasteiger partial charge in [0.2, 0.25) is 10.0 Å². The third kappa shape index (κ3) is 4.63. The number of ether oxygens (including phenoxy) is 1. The molecule has 0 saturated carbocycles. The first-order valence-corrected chi connectivity index (χ1v) is 11.8. The van der Waals surface area contributed by atoms with Crippen LogP contribution >= 0.6 is 0 Å². The Morgan fingerprint density at radius 1 is 0.906 bits per heavy atom. The fraction of sp³-hybridized carbons (Fsp3) is 0.261. The maximum atomic E-state index is 13.1. The minimum Gasteiger partial charge on any atom is -0.461 e. The topological polar surface area (TPSA) is 92.7 Å². The van der Waals surface area contributed by atoms with Crippen molar-refractivity contribution in [2.75, 3.05) is 37.7 Å². The molecule has 0 radical (unpaired) electrons. The number of carbonyl (C=O) groups is 1. The summed E-state index contributed by atoms with van der Waals surface area (Å²) in [5.41, 5.74) is 2.16. The van der Waals surface area contributed by atoms with Crippen LogP contribution in [0.5, 0.6) is 0 Å². The monoisotopic (exact) mass is 452 g/mol. The molecule has 0 atom stereocenters. The predicted molar refractivity (Wildman–Crippen MR) is 121 cm³/mol. The van der Waals surface area contributed by atoms with E-state index in [9.17, 15) is 13.2 Å². The van der Waals surface area contributed by atoms with Gasteiger partial charge in [-0.15, -0.1) is 0 Å². The Balaban J connectivity index is 1.40. The second-order valence-electron chi connectivity index (χ2n) is 7.26. The highest BCUT2D eigenvalue weighted by Gasteiger charge is 2.29. The summed E-state index contributed by atoms with van der Waals surface area (Å²) in [7, 11) is -3.58. The molecule has 0 aliphatic carbocycles. The lowest BCUT2D eigenvalue weighted by atomic mass is 10.1. The van der Waals surface area contributed by atoms with Gasteiger partial charge in [-0.05, 0) is 30.2 Å². The number of anilines is 1. The van der Waals surface area contributed by atoms with Crippen LogP contribution in [0.3, 0.4) is 0 Å². The molecule has 1 aliphatic heterocycles. The molecule has 0 bridgehead atoms. The van der Waals surface area contributed by atoms with Crippen LogP contribution in [0.1, 0.15) is 17.4 Å². The van der Waals surface area contributed by atoms with Gasteiger partial charge in [0.05, 0.1) is 23.9 Å². The largest absolute Gasteiger partial charge is 0.461 e. The van der Waals surface area contributed by atoms with Crippen LogP contribution in [-0.4, -0.2) is 61.4 Å². The zero-order valence-electron chi connectivity index (χ0n) is 17.7. The van der Waals surface area contributed by atoms with Gasteiger partial charge in [0.25, 0.3) is 0 Å². The number of sulfonamides is 1. The van der Waals surface area contributed by atoms with E-state index in [1.165, 1.54) is 16.7 Å². The molecule has 3 aromatic rings. The highest BCUT2D eigenvalue weighted by atomic mass is 32.2. The zero-order chi connectivity index (χ0) is 22.6. The van der Waals surface area contributed by atoms with E-state index >= 15 is 0 Å². The molecule has 0 unspecified atom stereocenters. The van der Waals surface area contributed by atoms with Crippen molar-refractivity contribution in [3.63, 3.8) is 0 Å². The lowest BCUT2D eigenvalue weighted by Gasteiger charge is -2.34. The van der Waals surface area contributed by atoms with Gasteiger partial charge in [-0.25, -0.2) is 23.2 Å². The third-order valence-electron chi connectivity index (χ3n) is 5.28. The van der Waals surface area contributed by atoms with Crippen LogP contribution in [0.4, 0.5) is 5.82 Å². The van der Waals surface area contributed by atoms with Gasteiger partial charge < -0.3 is 9.64 Å². The van der Waals surface area contributed by atoms with Gasteiger partial charge in [0, 0.05) is 26.2 Å². The van der Waals surface area contributed by atoms with Gasteiger partial charge >= 0.3 is 5.97 Å². The number of carbonyl (C=O) groups excluding carboxylic acids is 1. The predicted octanol–water partition coefficient (Wildman–Crippen LogP) is 2.83. The Hall–Kier alpha value is -3.30. The first-order valence-electron chi connectivity index (χ1n) is 10.4. The molecule has 1 saturated heterocycles. The smallest absolute Gasteiger partial charge is 0.358 e. The average Bonchev–Trinajstić information content (AvgIpc) is 2.85. The number of nitrogens with zero attached hydrogens (tertiary/aromatic N) is 4. The van der Waals surface area contributed by atoms with Gasteiger partial charge in [0.1, 0.15) is 5.82 Å². The SMILES string of the molecule is CCOC(=O)c1cnc(N2CCN(S(=O)(=O)c3ccc(-c4ccccc4)cc3)CC2)cn1. The van der Waals surface area contributed by atoms with Crippen molar-refractivity contribution in [1.82, 2.24) is 14.3 Å². The minimum atomic E-state index is -3.58. The number of aromatic nitrogens is 2. The van der Waals surface area contributed by atoms with Gasteiger partial charge in [-0.3, -0.25) is 0 Å². The van der Waals surface area contributed by atoms with E-state index in [1.54, 1.807) is 19.1 Å². The summed E-state index contributed by atoms with van der Waals surface area (Å²) >= 11 is 0. The summed E-state index contributed by atoms with van der Waals surface area (Å²) in [6.45, 7) is 3.64. The highest BCUT2D eigenvalue weighted by molar-refractivity contribution is 7.89. The summed E-state index contributed by atoms with van der Waals surface area (Å²) in [4.78, 5) is 22.3. The van der Waals surface area contributed by atoms with Gasteiger partial charge in [-0.2, -0.15) is 4.31 Å². The number of benzene rings is 2. The normalized spacial score (nSPS) is 14.8. The standard InChI is InChI=1S/C23H24N4O4S/c1-2-31-23(28)21-16-25-22(17-24-21)26-12-14-27(15-13-26)32(29,30)20-10-8-19(9-11-20)18-6-4-3-5-7-18/h3-11,16-17H,2,12-15H2,1H3. The Kier molecular flexibility index (Phi) is 6.48. The fourth-order valence-corrected chi connectivity index (χ4v) is 4.97. The Bertz CT molecular complexity index is 1160. The summed E-state index contributed by atoms with van der Waals surface area (Å²) in [5.74, 6) is 0.0862. The Morgan fingerprint density at radius 3 is 2.16 bits per heavy atom. The quantitative estimate of drug-likeness (QED) is 0.531. The molecule has 1 fully saturated rings. The second-order valence-corrected chi connectivity index (χ2v) is 9.20. The molecule has 2 heterocycles. The van der Waals surface area contributed by atoms with Crippen molar-refractivity contribution in [1.29, 1.82) is 0 Å². The van der Waals surface area contributed by atoms with Gasteiger partial charge in [0.15, 0.2) is 5.69 Å². The van der Waals surface area contributed by atoms with Crippen molar-refractivity contribution >= 4 is 21.8 Å². The molecule has 166 valence electrons. The van der Waals surface area contributed by atoms with Crippen LogP contribution in [0, 0.1) is 0 Å². The van der Waals surface area contributed by atoms with E-state index in [1.807, 2.05) is 47.4 Å². The van der Waals surface area contributed by atoms with E-state index in [0.29, 0.717) is 32.0 Å². The van der Waals surface area contributed by atoms with E-state index in [-0.39, 0.29) is 17.2 Å². The maximum absolute atomic E-state index is 13.1. The lowest BCUT2D eigenvalue weighted by molar-refractivity contribution is 0.0519. The average molecular weight is 453 g/mol. The second kappa shape index (κ2) is 9.46. The number of hydrogen-bond donors (Lipinski definition) is 0. The Morgan fingerprint density at radius 2 is 1.56 bits per heavy atom. The van der Waals surface area contributed by atoms with Crippen LogP contribution in [0.15, 0.2) is 71.9 Å². The van der Waals surface area contributed by atoms with Crippen LogP contribution < -0.4 is 4.90 Å². The van der Waals surface area contributed by atoms with Crippen molar-refractivity contribution in [2.45, 2.75) is 11.8 Å². The molecule has 32 heavy (non-hydrogen) atoms. The van der Waals surface area contributed by atoms with E-state index in [0.717, 1.165) is 11.1 Å². The first kappa shape index (κ1) is 21.9. The van der Waals surface area contributed by atoms with Crippen molar-refractivity contribution in [3.05, 3.63) is 72.7 Å². The third-order valence-corrected chi connectivity index (χ3v) is 7.20.